The van der Waals surface area contributed by atoms with Gasteiger partial charge in [0.25, 0.3) is 0 Å². The summed E-state index contributed by atoms with van der Waals surface area (Å²) in [4.78, 5) is 10.9. The zero-order valence-electron chi connectivity index (χ0n) is 7.50. The Kier molecular flexibility index (Phi) is 3.42. The first-order chi connectivity index (χ1) is 4.87. The second-order valence-electron chi connectivity index (χ2n) is 3.69. The molecule has 1 atom stereocenters. The third-order valence-corrected chi connectivity index (χ3v) is 1.31. The Morgan fingerprint density at radius 3 is 2.36 bits per heavy atom. The largest absolute Gasteiger partial charge is 0.329 e. The van der Waals surface area contributed by atoms with Crippen molar-refractivity contribution in [3.8, 4) is 0 Å². The normalized spacial score (nSPS) is 14.2. The monoisotopic (exact) mass is 157 g/mol. The van der Waals surface area contributed by atoms with E-state index < -0.39 is 6.04 Å². The van der Waals surface area contributed by atoms with Crippen LogP contribution in [0.4, 0.5) is 0 Å². The Labute approximate surface area is 68.1 Å². The second kappa shape index (κ2) is 3.64. The topological polar surface area (TPSA) is 43.1 Å². The van der Waals surface area contributed by atoms with Gasteiger partial charge in [-0.05, 0) is 6.08 Å². The van der Waals surface area contributed by atoms with Crippen LogP contribution in [0.25, 0.3) is 0 Å². The maximum absolute atomic E-state index is 10.9. The van der Waals surface area contributed by atoms with Crippen LogP contribution in [0.1, 0.15) is 0 Å². The molecule has 0 aliphatic heterocycles. The molecule has 0 aliphatic rings. The quantitative estimate of drug-likeness (QED) is 0.452. The molecule has 1 unspecified atom stereocenters. The Balaban J connectivity index is 3.97. The van der Waals surface area contributed by atoms with Crippen molar-refractivity contribution in [1.29, 1.82) is 0 Å². The van der Waals surface area contributed by atoms with Crippen molar-refractivity contribution in [1.82, 2.24) is 0 Å². The fourth-order valence-corrected chi connectivity index (χ4v) is 0.831. The summed E-state index contributed by atoms with van der Waals surface area (Å²) in [7, 11) is 5.99. The maximum atomic E-state index is 10.9. The number of ketones is 1. The molecule has 0 saturated heterocycles. The number of carbonyl (C=O) groups is 1. The number of nitrogens with zero attached hydrogens (tertiary/aromatic N) is 1. The minimum atomic E-state index is -0.410. The standard InChI is InChI=1S/C8H17N2O/c1-5-8(11)7(9)6-10(2,3)4/h5,7H,1,6,9H2,2-4H3/q+1. The van der Waals surface area contributed by atoms with Gasteiger partial charge in [-0.1, -0.05) is 6.58 Å². The highest BCUT2D eigenvalue weighted by atomic mass is 16.1. The predicted molar refractivity (Wildman–Crippen MR) is 46.1 cm³/mol. The smallest absolute Gasteiger partial charge is 0.177 e. The lowest BCUT2D eigenvalue weighted by molar-refractivity contribution is -0.870. The summed E-state index contributed by atoms with van der Waals surface area (Å²) >= 11 is 0. The number of carbonyl (C=O) groups excluding carboxylic acids is 1. The lowest BCUT2D eigenvalue weighted by Crippen LogP contribution is -2.48. The maximum Gasteiger partial charge on any atom is 0.177 e. The lowest BCUT2D eigenvalue weighted by atomic mass is 10.2. The fourth-order valence-electron chi connectivity index (χ4n) is 0.831. The molecule has 0 rings (SSSR count). The highest BCUT2D eigenvalue weighted by molar-refractivity contribution is 5.93. The van der Waals surface area contributed by atoms with Crippen molar-refractivity contribution >= 4 is 5.78 Å². The minimum absolute atomic E-state index is 0.0851. The van der Waals surface area contributed by atoms with E-state index in [4.69, 9.17) is 5.73 Å². The fraction of sp³-hybridized carbons (Fsp3) is 0.625. The molecule has 0 radical (unpaired) electrons. The van der Waals surface area contributed by atoms with E-state index in [1.165, 1.54) is 6.08 Å². The molecule has 0 aliphatic carbocycles. The van der Waals surface area contributed by atoms with Crippen LogP contribution in [0.15, 0.2) is 12.7 Å². The Hall–Kier alpha value is -0.670. The van der Waals surface area contributed by atoms with E-state index in [0.717, 1.165) is 0 Å². The van der Waals surface area contributed by atoms with E-state index in [-0.39, 0.29) is 5.78 Å². The first-order valence-electron chi connectivity index (χ1n) is 3.59. The summed E-state index contributed by atoms with van der Waals surface area (Å²) in [6, 6.07) is -0.410. The molecular formula is C8H17N2O+. The molecule has 0 aromatic rings. The third kappa shape index (κ3) is 4.70. The number of nitrogens with two attached hydrogens (primary N) is 1. The zero-order valence-corrected chi connectivity index (χ0v) is 7.50. The van der Waals surface area contributed by atoms with Gasteiger partial charge in [0.2, 0.25) is 0 Å². The molecule has 0 aromatic carbocycles. The van der Waals surface area contributed by atoms with Crippen LogP contribution < -0.4 is 5.73 Å². The van der Waals surface area contributed by atoms with Crippen LogP contribution in [0.2, 0.25) is 0 Å². The van der Waals surface area contributed by atoms with Gasteiger partial charge in [-0.25, -0.2) is 0 Å². The Morgan fingerprint density at radius 1 is 1.64 bits per heavy atom. The van der Waals surface area contributed by atoms with Crippen molar-refractivity contribution in [3.05, 3.63) is 12.7 Å². The average molecular weight is 157 g/mol. The van der Waals surface area contributed by atoms with Gasteiger partial charge in [-0.2, -0.15) is 0 Å². The molecule has 0 aromatic heterocycles. The van der Waals surface area contributed by atoms with Crippen molar-refractivity contribution < 1.29 is 9.28 Å². The summed E-state index contributed by atoms with van der Waals surface area (Å²) in [6.45, 7) is 4.02. The highest BCUT2D eigenvalue weighted by Gasteiger charge is 2.18. The van der Waals surface area contributed by atoms with E-state index in [1.54, 1.807) is 0 Å². The molecule has 64 valence electrons. The molecular weight excluding hydrogens is 140 g/mol. The van der Waals surface area contributed by atoms with Crippen molar-refractivity contribution in [2.45, 2.75) is 6.04 Å². The number of rotatable bonds is 4. The molecule has 0 amide bonds. The van der Waals surface area contributed by atoms with Gasteiger partial charge in [0.15, 0.2) is 5.78 Å². The van der Waals surface area contributed by atoms with Crippen LogP contribution in [-0.4, -0.2) is 44.0 Å². The first-order valence-corrected chi connectivity index (χ1v) is 3.59. The average Bonchev–Trinajstić information content (AvgIpc) is 1.82. The van der Waals surface area contributed by atoms with Crippen LogP contribution >= 0.6 is 0 Å². The summed E-state index contributed by atoms with van der Waals surface area (Å²) in [5, 5.41) is 0. The molecule has 0 spiro atoms. The zero-order chi connectivity index (χ0) is 9.07. The highest BCUT2D eigenvalue weighted by Crippen LogP contribution is 1.94. The molecule has 0 fully saturated rings. The first kappa shape index (κ1) is 10.3. The summed E-state index contributed by atoms with van der Waals surface area (Å²) in [5.41, 5.74) is 5.58. The van der Waals surface area contributed by atoms with E-state index in [1.807, 2.05) is 21.1 Å². The van der Waals surface area contributed by atoms with Gasteiger partial charge in [0.1, 0.15) is 12.6 Å². The van der Waals surface area contributed by atoms with Gasteiger partial charge in [-0.3, -0.25) is 4.79 Å². The molecule has 2 N–H and O–H groups in total. The van der Waals surface area contributed by atoms with E-state index in [9.17, 15) is 4.79 Å². The third-order valence-electron chi connectivity index (χ3n) is 1.31. The molecule has 0 bridgehead atoms. The van der Waals surface area contributed by atoms with Gasteiger partial charge in [0.05, 0.1) is 21.1 Å². The Morgan fingerprint density at radius 2 is 2.09 bits per heavy atom. The summed E-state index contributed by atoms with van der Waals surface area (Å²) in [5.74, 6) is -0.0851. The molecule has 3 nitrogen and oxygen atoms in total. The Bertz CT molecular complexity index is 158. The molecule has 11 heavy (non-hydrogen) atoms. The van der Waals surface area contributed by atoms with E-state index in [2.05, 4.69) is 6.58 Å². The molecule has 3 heteroatoms. The number of likely N-dealkylation sites (N-methyl/N-ethyl adjacent to an activating group) is 1. The summed E-state index contributed by atoms with van der Waals surface area (Å²) < 4.78 is 0.695. The van der Waals surface area contributed by atoms with Crippen molar-refractivity contribution in [2.24, 2.45) is 5.73 Å². The van der Waals surface area contributed by atoms with Crippen molar-refractivity contribution in [2.75, 3.05) is 27.7 Å². The summed E-state index contributed by atoms with van der Waals surface area (Å²) in [6.07, 6.45) is 1.28. The van der Waals surface area contributed by atoms with Gasteiger partial charge < -0.3 is 10.2 Å². The SMILES string of the molecule is C=CC(=O)C(N)C[N+](C)(C)C. The number of quaternary nitrogens is 1. The predicted octanol–water partition coefficient (Wildman–Crippen LogP) is -0.225. The van der Waals surface area contributed by atoms with Crippen molar-refractivity contribution in [3.63, 3.8) is 0 Å². The minimum Gasteiger partial charge on any atom is -0.329 e. The van der Waals surface area contributed by atoms with Crippen LogP contribution in [0.3, 0.4) is 0 Å². The van der Waals surface area contributed by atoms with Crippen LogP contribution in [0.5, 0.6) is 0 Å². The lowest BCUT2D eigenvalue weighted by Gasteiger charge is -2.26. The van der Waals surface area contributed by atoms with E-state index in [0.29, 0.717) is 11.0 Å². The van der Waals surface area contributed by atoms with E-state index >= 15 is 0 Å². The molecule has 0 saturated carbocycles. The van der Waals surface area contributed by atoms with Gasteiger partial charge in [-0.15, -0.1) is 0 Å². The van der Waals surface area contributed by atoms with Gasteiger partial charge >= 0.3 is 0 Å². The van der Waals surface area contributed by atoms with Crippen LogP contribution in [-0.2, 0) is 4.79 Å². The molecule has 0 heterocycles. The number of hydrogen-bond acceptors (Lipinski definition) is 2. The van der Waals surface area contributed by atoms with Crippen LogP contribution in [0, 0.1) is 0 Å². The second-order valence-corrected chi connectivity index (χ2v) is 3.69. The van der Waals surface area contributed by atoms with Gasteiger partial charge in [0, 0.05) is 0 Å². The number of hydrogen-bond donors (Lipinski definition) is 1.